The van der Waals surface area contributed by atoms with Crippen molar-refractivity contribution in [2.24, 2.45) is 0 Å². The van der Waals surface area contributed by atoms with Gasteiger partial charge in [-0.3, -0.25) is 4.31 Å². The molecule has 1 fully saturated rings. The Morgan fingerprint density at radius 1 is 1.16 bits per heavy atom. The van der Waals surface area contributed by atoms with E-state index in [0.29, 0.717) is 12.1 Å². The van der Waals surface area contributed by atoms with E-state index in [2.05, 4.69) is 15.0 Å². The van der Waals surface area contributed by atoms with E-state index in [1.807, 2.05) is 19.9 Å². The van der Waals surface area contributed by atoms with Crippen LogP contribution in [-0.2, 0) is 10.0 Å². The fourth-order valence-corrected chi connectivity index (χ4v) is 5.10. The fraction of sp³-hybridized carbons (Fsp3) is 0.429. The summed E-state index contributed by atoms with van der Waals surface area (Å²) in [5, 5.41) is 3.29. The number of halogens is 3. The molecule has 1 aliphatic heterocycles. The van der Waals surface area contributed by atoms with Crippen LogP contribution in [0, 0.1) is 6.92 Å². The summed E-state index contributed by atoms with van der Waals surface area (Å²) in [7, 11) is -3.89. The van der Waals surface area contributed by atoms with Crippen LogP contribution in [-0.4, -0.2) is 47.8 Å². The molecule has 0 spiro atoms. The van der Waals surface area contributed by atoms with Gasteiger partial charge in [-0.25, -0.2) is 8.42 Å². The molecular weight excluding hydrogens is 448 g/mol. The van der Waals surface area contributed by atoms with Crippen LogP contribution in [0.4, 0.5) is 20.2 Å². The Hall–Kier alpha value is -2.10. The van der Waals surface area contributed by atoms with Crippen LogP contribution < -0.4 is 19.3 Å². The zero-order chi connectivity index (χ0) is 21.7. The first-order valence-electron chi connectivity index (χ1n) is 9.97. The topological polar surface area (TPSA) is 61.9 Å². The minimum Gasteiger partial charge on any atom is -0.435 e. The zero-order valence-corrected chi connectivity index (χ0v) is 19.2. The molecule has 2 aromatic rings. The Labute approximate surface area is 188 Å². The summed E-state index contributed by atoms with van der Waals surface area (Å²) in [6.45, 7) is 4.36. The van der Waals surface area contributed by atoms with Crippen LogP contribution in [0.1, 0.15) is 18.9 Å². The van der Waals surface area contributed by atoms with Gasteiger partial charge in [-0.15, -0.1) is 12.4 Å². The molecular formula is C21H28ClF2N3O3S. The van der Waals surface area contributed by atoms with Gasteiger partial charge in [-0.1, -0.05) is 19.1 Å². The third kappa shape index (κ3) is 5.99. The number of nitrogens with zero attached hydrogens (tertiary/aromatic N) is 2. The summed E-state index contributed by atoms with van der Waals surface area (Å²) in [4.78, 5) is 2.35. The minimum absolute atomic E-state index is 0. The Morgan fingerprint density at radius 3 is 2.52 bits per heavy atom. The number of anilines is 2. The number of ether oxygens (including phenoxy) is 1. The molecule has 0 amide bonds. The second-order valence-corrected chi connectivity index (χ2v) is 9.00. The van der Waals surface area contributed by atoms with Gasteiger partial charge in [-0.2, -0.15) is 8.78 Å². The first-order chi connectivity index (χ1) is 14.3. The first kappa shape index (κ1) is 25.2. The molecule has 0 aliphatic carbocycles. The number of alkyl halides is 2. The van der Waals surface area contributed by atoms with Gasteiger partial charge in [0.2, 0.25) is 0 Å². The third-order valence-corrected chi connectivity index (χ3v) is 6.81. The van der Waals surface area contributed by atoms with E-state index in [-0.39, 0.29) is 29.6 Å². The molecule has 6 nitrogen and oxygen atoms in total. The Bertz CT molecular complexity index is 970. The smallest absolute Gasteiger partial charge is 0.387 e. The molecule has 1 heterocycles. The highest BCUT2D eigenvalue weighted by Crippen LogP contribution is 2.31. The highest BCUT2D eigenvalue weighted by Gasteiger charge is 2.26. The third-order valence-electron chi connectivity index (χ3n) is 4.98. The van der Waals surface area contributed by atoms with Crippen molar-refractivity contribution in [3.63, 3.8) is 0 Å². The number of hydrogen-bond acceptors (Lipinski definition) is 5. The van der Waals surface area contributed by atoms with E-state index in [0.717, 1.165) is 37.4 Å². The SMILES string of the molecule is CCCN(c1cccc(OC(F)F)c1)S(=O)(=O)c1ccc(C)c(N2CCNCC2)c1.Cl. The van der Waals surface area contributed by atoms with Gasteiger partial charge in [0, 0.05) is 44.5 Å². The normalized spacial score (nSPS) is 14.3. The molecule has 0 unspecified atom stereocenters. The van der Waals surface area contributed by atoms with Crippen molar-refractivity contribution in [1.82, 2.24) is 5.32 Å². The molecule has 0 atom stereocenters. The van der Waals surface area contributed by atoms with Crippen LogP contribution in [0.2, 0.25) is 0 Å². The van der Waals surface area contributed by atoms with Gasteiger partial charge in [0.15, 0.2) is 0 Å². The number of rotatable bonds is 8. The van der Waals surface area contributed by atoms with Crippen LogP contribution in [0.3, 0.4) is 0 Å². The quantitative estimate of drug-likeness (QED) is 0.624. The summed E-state index contributed by atoms with van der Waals surface area (Å²) in [5.74, 6) is -0.0794. The fourth-order valence-electron chi connectivity index (χ4n) is 3.53. The van der Waals surface area contributed by atoms with Crippen LogP contribution in [0.25, 0.3) is 0 Å². The monoisotopic (exact) mass is 475 g/mol. The summed E-state index contributed by atoms with van der Waals surface area (Å²) < 4.78 is 57.9. The lowest BCUT2D eigenvalue weighted by Gasteiger charge is -2.31. The van der Waals surface area contributed by atoms with E-state index < -0.39 is 16.6 Å². The average Bonchev–Trinajstić information content (AvgIpc) is 2.72. The summed E-state index contributed by atoms with van der Waals surface area (Å²) in [6.07, 6.45) is 0.565. The Morgan fingerprint density at radius 2 is 1.87 bits per heavy atom. The predicted octanol–water partition coefficient (Wildman–Crippen LogP) is 4.03. The highest BCUT2D eigenvalue weighted by molar-refractivity contribution is 7.92. The van der Waals surface area contributed by atoms with Gasteiger partial charge in [-0.05, 0) is 43.2 Å². The Kier molecular flexibility index (Phi) is 8.90. The van der Waals surface area contributed by atoms with Crippen LogP contribution in [0.5, 0.6) is 5.75 Å². The van der Waals surface area contributed by atoms with Crippen molar-refractivity contribution in [3.05, 3.63) is 48.0 Å². The van der Waals surface area contributed by atoms with Crippen LogP contribution in [0.15, 0.2) is 47.4 Å². The predicted molar refractivity (Wildman–Crippen MR) is 121 cm³/mol. The summed E-state index contributed by atoms with van der Waals surface area (Å²) in [5.41, 5.74) is 2.19. The van der Waals surface area contributed by atoms with E-state index >= 15 is 0 Å². The van der Waals surface area contributed by atoms with Crippen LogP contribution >= 0.6 is 12.4 Å². The molecule has 1 saturated heterocycles. The maximum absolute atomic E-state index is 13.5. The van der Waals surface area contributed by atoms with Gasteiger partial charge >= 0.3 is 6.61 Å². The van der Waals surface area contributed by atoms with Crippen molar-refractivity contribution in [1.29, 1.82) is 0 Å². The number of hydrogen-bond donors (Lipinski definition) is 1. The lowest BCUT2D eigenvalue weighted by atomic mass is 10.1. The van der Waals surface area contributed by atoms with Crippen molar-refractivity contribution >= 4 is 33.8 Å². The molecule has 0 radical (unpaired) electrons. The largest absolute Gasteiger partial charge is 0.435 e. The second kappa shape index (κ2) is 11.0. The van der Waals surface area contributed by atoms with Crippen molar-refractivity contribution in [2.75, 3.05) is 41.9 Å². The van der Waals surface area contributed by atoms with Gasteiger partial charge < -0.3 is 15.0 Å². The molecule has 1 N–H and O–H groups in total. The minimum atomic E-state index is -3.89. The average molecular weight is 476 g/mol. The van der Waals surface area contributed by atoms with Crippen molar-refractivity contribution in [2.45, 2.75) is 31.8 Å². The van der Waals surface area contributed by atoms with Crippen molar-refractivity contribution < 1.29 is 21.9 Å². The standard InChI is InChI=1S/C21H27F2N3O3S.ClH/c1-3-11-26(17-5-4-6-18(14-17)29-21(22)23)30(27,28)19-8-7-16(2)20(15-19)25-12-9-24-10-13-25;/h4-8,14-15,21,24H,3,9-13H2,1-2H3;1H. The molecule has 0 bridgehead atoms. The number of benzene rings is 2. The molecule has 3 rings (SSSR count). The molecule has 2 aromatic carbocycles. The molecule has 0 aromatic heterocycles. The van der Waals surface area contributed by atoms with E-state index in [1.165, 1.54) is 22.5 Å². The maximum atomic E-state index is 13.5. The lowest BCUT2D eigenvalue weighted by molar-refractivity contribution is -0.0498. The van der Waals surface area contributed by atoms with Gasteiger partial charge in [0.05, 0.1) is 10.6 Å². The first-order valence-corrected chi connectivity index (χ1v) is 11.4. The highest BCUT2D eigenvalue weighted by atomic mass is 35.5. The molecule has 1 aliphatic rings. The van der Waals surface area contributed by atoms with E-state index in [4.69, 9.17) is 0 Å². The molecule has 31 heavy (non-hydrogen) atoms. The maximum Gasteiger partial charge on any atom is 0.387 e. The van der Waals surface area contributed by atoms with E-state index in [9.17, 15) is 17.2 Å². The van der Waals surface area contributed by atoms with Gasteiger partial charge in [0.1, 0.15) is 5.75 Å². The number of piperazine rings is 1. The summed E-state index contributed by atoms with van der Waals surface area (Å²) in [6, 6.07) is 10.9. The Balaban J connectivity index is 0.00000341. The van der Waals surface area contributed by atoms with Gasteiger partial charge in [0.25, 0.3) is 10.0 Å². The summed E-state index contributed by atoms with van der Waals surface area (Å²) >= 11 is 0. The number of sulfonamides is 1. The molecule has 172 valence electrons. The lowest BCUT2D eigenvalue weighted by Crippen LogP contribution is -2.43. The van der Waals surface area contributed by atoms with Crippen molar-refractivity contribution in [3.8, 4) is 5.75 Å². The number of nitrogens with one attached hydrogen (secondary N) is 1. The zero-order valence-electron chi connectivity index (χ0n) is 17.6. The number of aryl methyl sites for hydroxylation is 1. The second-order valence-electron chi connectivity index (χ2n) is 7.14. The van der Waals surface area contributed by atoms with E-state index in [1.54, 1.807) is 18.2 Å². The molecule has 0 saturated carbocycles. The molecule has 10 heteroatoms.